The highest BCUT2D eigenvalue weighted by atomic mass is 16.5. The van der Waals surface area contributed by atoms with Crippen LogP contribution in [0, 0.1) is 0 Å². The van der Waals surface area contributed by atoms with Crippen LogP contribution in [-0.4, -0.2) is 37.2 Å². The molecule has 78 valence electrons. The van der Waals surface area contributed by atoms with Crippen LogP contribution in [0.15, 0.2) is 0 Å². The van der Waals surface area contributed by atoms with E-state index in [0.29, 0.717) is 6.54 Å². The van der Waals surface area contributed by atoms with E-state index in [-0.39, 0.29) is 6.42 Å². The van der Waals surface area contributed by atoms with Gasteiger partial charge in [-0.25, -0.2) is 4.79 Å². The number of carbonyl (C=O) groups excluding carboxylic acids is 1. The lowest BCUT2D eigenvalue weighted by Gasteiger charge is -1.99. The molecule has 0 fully saturated rings. The molecule has 5 heteroatoms. The van der Waals surface area contributed by atoms with Crippen LogP contribution in [0.3, 0.4) is 0 Å². The van der Waals surface area contributed by atoms with Crippen molar-refractivity contribution in [1.29, 1.82) is 0 Å². The number of hydrogen-bond donors (Lipinski definition) is 2. The molecule has 5 nitrogen and oxygen atoms in total. The predicted molar refractivity (Wildman–Crippen MR) is 48.5 cm³/mol. The zero-order valence-corrected chi connectivity index (χ0v) is 8.29. The summed E-state index contributed by atoms with van der Waals surface area (Å²) in [5.41, 5.74) is 0. The van der Waals surface area contributed by atoms with Crippen molar-refractivity contribution in [1.82, 2.24) is 5.32 Å². The molecule has 0 aromatic rings. The Morgan fingerprint density at radius 1 is 1.38 bits per heavy atom. The maximum absolute atomic E-state index is 10.6. The molecule has 0 unspecified atom stereocenters. The van der Waals surface area contributed by atoms with Gasteiger partial charge in [0.15, 0.2) is 6.61 Å². The molecule has 0 heterocycles. The molecule has 0 rings (SSSR count). The van der Waals surface area contributed by atoms with Crippen LogP contribution in [0.4, 0.5) is 0 Å². The maximum atomic E-state index is 10.6. The number of esters is 1. The van der Waals surface area contributed by atoms with Gasteiger partial charge < -0.3 is 15.2 Å². The van der Waals surface area contributed by atoms with E-state index < -0.39 is 18.5 Å². The Bertz CT molecular complexity index is 147. The Hall–Kier alpha value is -1.10. The summed E-state index contributed by atoms with van der Waals surface area (Å²) in [4.78, 5) is 20.5. The number of aliphatic carboxylic acids is 1. The average molecular weight is 191 g/mol. The molecule has 0 aliphatic rings. The van der Waals surface area contributed by atoms with Crippen molar-refractivity contribution in [2.45, 2.75) is 20.3 Å². The van der Waals surface area contributed by atoms with Crippen molar-refractivity contribution in [3.8, 4) is 0 Å². The smallest absolute Gasteiger partial charge is 0.341 e. The summed E-state index contributed by atoms with van der Waals surface area (Å²) in [6.45, 7) is 3.95. The zero-order valence-electron chi connectivity index (χ0n) is 8.29. The number of nitrogens with one attached hydrogen (secondary N) is 1. The summed E-state index contributed by atoms with van der Waals surface area (Å²) >= 11 is 0. The number of rotatable bonds is 5. The fraction of sp³-hybridized carbons (Fsp3) is 0.750. The Morgan fingerprint density at radius 2 is 1.92 bits per heavy atom. The van der Waals surface area contributed by atoms with Crippen molar-refractivity contribution < 1.29 is 19.4 Å². The van der Waals surface area contributed by atoms with Crippen molar-refractivity contribution in [2.75, 3.05) is 20.2 Å². The van der Waals surface area contributed by atoms with Gasteiger partial charge in [-0.05, 0) is 7.05 Å². The minimum Gasteiger partial charge on any atom is -0.479 e. The molecule has 0 atom stereocenters. The van der Waals surface area contributed by atoms with Crippen molar-refractivity contribution in [3.63, 3.8) is 0 Å². The molecule has 0 aromatic heterocycles. The highest BCUT2D eigenvalue weighted by Crippen LogP contribution is 1.83. The topological polar surface area (TPSA) is 75.6 Å². The second-order valence-corrected chi connectivity index (χ2v) is 1.91. The molecule has 0 amide bonds. The third kappa shape index (κ3) is 13.8. The van der Waals surface area contributed by atoms with Crippen LogP contribution in [-0.2, 0) is 14.3 Å². The van der Waals surface area contributed by atoms with Gasteiger partial charge in [0, 0.05) is 6.54 Å². The summed E-state index contributed by atoms with van der Waals surface area (Å²) in [6.07, 6.45) is 0.198. The molecule has 0 aliphatic heterocycles. The van der Waals surface area contributed by atoms with Gasteiger partial charge in [0.1, 0.15) is 0 Å². The predicted octanol–water partition coefficient (Wildman–Crippen LogP) is 0.250. The lowest BCUT2D eigenvalue weighted by molar-refractivity contribution is -0.155. The van der Waals surface area contributed by atoms with Gasteiger partial charge in [0.25, 0.3) is 0 Å². The second-order valence-electron chi connectivity index (χ2n) is 1.91. The first-order chi connectivity index (χ1) is 6.16. The number of carboxylic acid groups (broad SMARTS) is 1. The standard InChI is InChI=1S/C6H11NO4.C2H6/c1-7-3-2-6(10)11-4-5(8)9;1-2/h7H,2-4H2,1H3,(H,8,9);1-2H3. The summed E-state index contributed by atoms with van der Waals surface area (Å²) < 4.78 is 4.33. The number of carboxylic acids is 1. The van der Waals surface area contributed by atoms with E-state index in [9.17, 15) is 9.59 Å². The van der Waals surface area contributed by atoms with Crippen LogP contribution in [0.2, 0.25) is 0 Å². The minimum absolute atomic E-state index is 0.198. The molecule has 0 spiro atoms. The normalized spacial score (nSPS) is 8.23. The molecule has 0 radical (unpaired) electrons. The largest absolute Gasteiger partial charge is 0.479 e. The van der Waals surface area contributed by atoms with E-state index in [1.165, 1.54) is 0 Å². The van der Waals surface area contributed by atoms with Crippen molar-refractivity contribution >= 4 is 11.9 Å². The fourth-order valence-electron chi connectivity index (χ4n) is 0.441. The Kier molecular flexibility index (Phi) is 12.1. The van der Waals surface area contributed by atoms with Gasteiger partial charge in [0.05, 0.1) is 6.42 Å². The lowest BCUT2D eigenvalue weighted by atomic mass is 10.4. The van der Waals surface area contributed by atoms with E-state index in [1.807, 2.05) is 13.8 Å². The lowest BCUT2D eigenvalue weighted by Crippen LogP contribution is -2.17. The minimum atomic E-state index is -1.14. The third-order valence-corrected chi connectivity index (χ3v) is 0.936. The SMILES string of the molecule is CC.CNCCC(=O)OCC(=O)O. The fourth-order valence-corrected chi connectivity index (χ4v) is 0.441. The summed E-state index contributed by atoms with van der Waals surface area (Å²) in [5, 5.41) is 10.8. The van der Waals surface area contributed by atoms with E-state index in [1.54, 1.807) is 7.05 Å². The highest BCUT2D eigenvalue weighted by Gasteiger charge is 2.03. The first-order valence-electron chi connectivity index (χ1n) is 4.19. The quantitative estimate of drug-likeness (QED) is 0.609. The monoisotopic (exact) mass is 191 g/mol. The molecule has 0 bridgehead atoms. The van der Waals surface area contributed by atoms with Crippen LogP contribution < -0.4 is 5.32 Å². The van der Waals surface area contributed by atoms with Gasteiger partial charge in [0.2, 0.25) is 0 Å². The molecule has 2 N–H and O–H groups in total. The molecule has 0 aliphatic carbocycles. The molecule has 0 saturated carbocycles. The van der Waals surface area contributed by atoms with Gasteiger partial charge in [-0.2, -0.15) is 0 Å². The number of ether oxygens (including phenoxy) is 1. The third-order valence-electron chi connectivity index (χ3n) is 0.936. The molecule has 13 heavy (non-hydrogen) atoms. The second kappa shape index (κ2) is 10.9. The van der Waals surface area contributed by atoms with Crippen LogP contribution in [0.25, 0.3) is 0 Å². The van der Waals surface area contributed by atoms with E-state index in [0.717, 1.165) is 0 Å². The molecule has 0 saturated heterocycles. The zero-order chi connectivity index (χ0) is 10.7. The van der Waals surface area contributed by atoms with Crippen molar-refractivity contribution in [3.05, 3.63) is 0 Å². The Balaban J connectivity index is 0. The Labute approximate surface area is 78.1 Å². The number of carbonyl (C=O) groups is 2. The maximum Gasteiger partial charge on any atom is 0.341 e. The average Bonchev–Trinajstić information content (AvgIpc) is 2.14. The first kappa shape index (κ1) is 14.4. The summed E-state index contributed by atoms with van der Waals surface area (Å²) in [5.74, 6) is -1.63. The van der Waals surface area contributed by atoms with E-state index in [2.05, 4.69) is 10.1 Å². The van der Waals surface area contributed by atoms with Crippen molar-refractivity contribution in [2.24, 2.45) is 0 Å². The van der Waals surface area contributed by atoms with Gasteiger partial charge >= 0.3 is 11.9 Å². The van der Waals surface area contributed by atoms with Crippen LogP contribution in [0.1, 0.15) is 20.3 Å². The first-order valence-corrected chi connectivity index (χ1v) is 4.19. The van der Waals surface area contributed by atoms with Crippen LogP contribution in [0.5, 0.6) is 0 Å². The van der Waals surface area contributed by atoms with Gasteiger partial charge in [-0.15, -0.1) is 0 Å². The molecular formula is C8H17NO4. The summed E-state index contributed by atoms with van der Waals surface area (Å²) in [6, 6.07) is 0. The van der Waals surface area contributed by atoms with Gasteiger partial charge in [-0.1, -0.05) is 13.8 Å². The highest BCUT2D eigenvalue weighted by molar-refractivity contribution is 5.75. The molecular weight excluding hydrogens is 174 g/mol. The summed E-state index contributed by atoms with van der Waals surface area (Å²) in [7, 11) is 1.70. The van der Waals surface area contributed by atoms with E-state index >= 15 is 0 Å². The van der Waals surface area contributed by atoms with E-state index in [4.69, 9.17) is 5.11 Å². The van der Waals surface area contributed by atoms with Crippen LogP contribution >= 0.6 is 0 Å². The van der Waals surface area contributed by atoms with Gasteiger partial charge in [-0.3, -0.25) is 4.79 Å². The Morgan fingerprint density at radius 3 is 2.31 bits per heavy atom. The number of hydrogen-bond acceptors (Lipinski definition) is 4. The molecule has 0 aromatic carbocycles.